The van der Waals surface area contributed by atoms with Crippen LogP contribution in [0, 0.1) is 10.4 Å². The fourth-order valence-corrected chi connectivity index (χ4v) is 2.32. The maximum atomic E-state index is 12.2. The molecule has 0 aliphatic heterocycles. The van der Waals surface area contributed by atoms with Crippen LogP contribution in [-0.4, -0.2) is 23.0 Å². The zero-order chi connectivity index (χ0) is 17.3. The van der Waals surface area contributed by atoms with E-state index in [-0.39, 0.29) is 46.2 Å². The summed E-state index contributed by atoms with van der Waals surface area (Å²) >= 11 is 0. The van der Waals surface area contributed by atoms with Gasteiger partial charge in [-0.1, -0.05) is 13.8 Å². The lowest BCUT2D eigenvalue weighted by atomic mass is 10.0. The van der Waals surface area contributed by atoms with E-state index in [1.165, 1.54) is 6.07 Å². The lowest BCUT2D eigenvalue weighted by Gasteiger charge is -2.15. The van der Waals surface area contributed by atoms with Gasteiger partial charge in [0.2, 0.25) is 5.69 Å². The van der Waals surface area contributed by atoms with Gasteiger partial charge >= 0.3 is 5.97 Å². The molecule has 2 atom stereocenters. The third-order valence-corrected chi connectivity index (χ3v) is 3.30. The molecule has 9 nitrogen and oxygen atoms in total. The van der Waals surface area contributed by atoms with Gasteiger partial charge in [0.25, 0.3) is 0 Å². The Morgan fingerprint density at radius 3 is 2.43 bits per heavy atom. The van der Waals surface area contributed by atoms with Gasteiger partial charge in [-0.2, -0.15) is 10.5 Å². The maximum absolute atomic E-state index is 12.2. The van der Waals surface area contributed by atoms with Crippen LogP contribution < -0.4 is 10.5 Å². The Hall–Kier alpha value is -2.01. The van der Waals surface area contributed by atoms with Crippen LogP contribution in [-0.2, 0) is 4.74 Å². The predicted molar refractivity (Wildman–Crippen MR) is 77.8 cm³/mol. The van der Waals surface area contributed by atoms with Crippen molar-refractivity contribution < 1.29 is 34.8 Å². The molecular formula is C14H18N2O7. The molecule has 1 aromatic carbocycles. The number of ether oxygens (including phenoxy) is 1. The number of furan rings is 1. The van der Waals surface area contributed by atoms with Crippen LogP contribution in [0.2, 0.25) is 0 Å². The first kappa shape index (κ1) is 17.3. The minimum atomic E-state index is -1.34. The van der Waals surface area contributed by atoms with Crippen molar-refractivity contribution in [2.24, 2.45) is 0 Å². The Labute approximate surface area is 131 Å². The standard InChI is InChI=1S/C14H18N2O7/c1-4-22-14(17)11-9-5-8(15(18)19)6-10(16(20)21)13(9)23-12(11)7(2)3/h5-7,15-16,18,20H,4H2,1-3H3. The van der Waals surface area contributed by atoms with E-state index in [1.807, 2.05) is 0 Å². The summed E-state index contributed by atoms with van der Waals surface area (Å²) in [6.07, 6.45) is 0. The molecule has 2 unspecified atom stereocenters. The minimum Gasteiger partial charge on any atom is -0.595 e. The molecular weight excluding hydrogens is 308 g/mol. The summed E-state index contributed by atoms with van der Waals surface area (Å²) in [6.45, 7) is 5.33. The average molecular weight is 326 g/mol. The van der Waals surface area contributed by atoms with Gasteiger partial charge < -0.3 is 19.6 Å². The second-order valence-electron chi connectivity index (χ2n) is 5.23. The molecule has 0 amide bonds. The maximum Gasteiger partial charge on any atom is 0.342 e. The summed E-state index contributed by atoms with van der Waals surface area (Å²) < 4.78 is 10.6. The molecule has 2 aromatic rings. The van der Waals surface area contributed by atoms with Crippen molar-refractivity contribution in [3.05, 3.63) is 33.9 Å². The highest BCUT2D eigenvalue weighted by atomic mass is 16.8. The second kappa shape index (κ2) is 6.62. The molecule has 0 spiro atoms. The van der Waals surface area contributed by atoms with E-state index in [0.29, 0.717) is 0 Å². The van der Waals surface area contributed by atoms with Crippen LogP contribution in [0.3, 0.4) is 0 Å². The largest absolute Gasteiger partial charge is 0.595 e. The lowest BCUT2D eigenvalue weighted by molar-refractivity contribution is -0.995. The van der Waals surface area contributed by atoms with Crippen molar-refractivity contribution in [2.75, 3.05) is 6.61 Å². The Bertz CT molecular complexity index is 721. The van der Waals surface area contributed by atoms with Gasteiger partial charge in [-0.3, -0.25) is 0 Å². The summed E-state index contributed by atoms with van der Waals surface area (Å²) in [4.78, 5) is 12.2. The second-order valence-corrected chi connectivity index (χ2v) is 5.23. The number of hydrogen-bond acceptors (Lipinski definition) is 7. The molecule has 0 saturated heterocycles. The summed E-state index contributed by atoms with van der Waals surface area (Å²) in [5.74, 6) is -0.617. The number of rotatable bonds is 5. The van der Waals surface area contributed by atoms with E-state index in [2.05, 4.69) is 0 Å². The van der Waals surface area contributed by atoms with Crippen molar-refractivity contribution in [1.29, 1.82) is 0 Å². The zero-order valence-corrected chi connectivity index (χ0v) is 12.9. The first-order chi connectivity index (χ1) is 10.8. The molecule has 0 radical (unpaired) electrons. The molecule has 23 heavy (non-hydrogen) atoms. The highest BCUT2D eigenvalue weighted by Gasteiger charge is 2.28. The molecule has 4 N–H and O–H groups in total. The number of esters is 1. The number of carbonyl (C=O) groups excluding carboxylic acids is 1. The van der Waals surface area contributed by atoms with Crippen LogP contribution in [0.25, 0.3) is 11.0 Å². The predicted octanol–water partition coefficient (Wildman–Crippen LogP) is 0.540. The molecule has 0 aliphatic carbocycles. The van der Waals surface area contributed by atoms with Crippen molar-refractivity contribution in [1.82, 2.24) is 0 Å². The highest BCUT2D eigenvalue weighted by molar-refractivity contribution is 6.07. The highest BCUT2D eigenvalue weighted by Crippen LogP contribution is 2.35. The Balaban J connectivity index is 2.84. The molecule has 0 fully saturated rings. The Morgan fingerprint density at radius 2 is 1.96 bits per heavy atom. The van der Waals surface area contributed by atoms with E-state index < -0.39 is 16.4 Å². The number of nitrogens with one attached hydrogen (secondary N) is 2. The number of hydrogen-bond donors (Lipinski definition) is 4. The quantitative estimate of drug-likeness (QED) is 0.465. The molecule has 1 heterocycles. The minimum absolute atomic E-state index is 0.0331. The fourth-order valence-electron chi connectivity index (χ4n) is 2.32. The lowest BCUT2D eigenvalue weighted by Crippen LogP contribution is -3.00. The number of quaternary nitrogens is 2. The number of carbonyl (C=O) groups is 1. The van der Waals surface area contributed by atoms with Gasteiger partial charge in [-0.05, 0) is 6.92 Å². The van der Waals surface area contributed by atoms with Crippen LogP contribution in [0.1, 0.15) is 42.8 Å². The van der Waals surface area contributed by atoms with Crippen molar-refractivity contribution in [3.8, 4) is 0 Å². The van der Waals surface area contributed by atoms with Crippen molar-refractivity contribution in [3.63, 3.8) is 0 Å². The zero-order valence-electron chi connectivity index (χ0n) is 12.9. The van der Waals surface area contributed by atoms with E-state index >= 15 is 0 Å². The van der Waals surface area contributed by atoms with Gasteiger partial charge in [-0.15, -0.1) is 0 Å². The molecule has 0 saturated carbocycles. The van der Waals surface area contributed by atoms with E-state index in [0.717, 1.165) is 6.07 Å². The van der Waals surface area contributed by atoms with Crippen molar-refractivity contribution in [2.45, 2.75) is 26.7 Å². The van der Waals surface area contributed by atoms with Gasteiger partial charge in [0, 0.05) is 17.4 Å². The van der Waals surface area contributed by atoms with Crippen LogP contribution in [0.15, 0.2) is 16.5 Å². The first-order valence-electron chi connectivity index (χ1n) is 7.02. The Morgan fingerprint density at radius 1 is 1.30 bits per heavy atom. The first-order valence-corrected chi connectivity index (χ1v) is 7.02. The number of benzene rings is 1. The summed E-state index contributed by atoms with van der Waals surface area (Å²) in [5.41, 5.74) is -0.509. The van der Waals surface area contributed by atoms with Gasteiger partial charge in [0.1, 0.15) is 11.3 Å². The topological polar surface area (TPSA) is 135 Å². The third-order valence-electron chi connectivity index (χ3n) is 3.30. The van der Waals surface area contributed by atoms with Crippen LogP contribution in [0.5, 0.6) is 0 Å². The van der Waals surface area contributed by atoms with Gasteiger partial charge in [-0.25, -0.2) is 15.2 Å². The third kappa shape index (κ3) is 3.20. The molecule has 2 rings (SSSR count). The van der Waals surface area contributed by atoms with Crippen LogP contribution in [0.4, 0.5) is 11.4 Å². The summed E-state index contributed by atoms with van der Waals surface area (Å²) in [7, 11) is 0. The molecule has 126 valence electrons. The molecule has 9 heteroatoms. The van der Waals surface area contributed by atoms with Crippen molar-refractivity contribution >= 4 is 28.3 Å². The van der Waals surface area contributed by atoms with Crippen LogP contribution >= 0.6 is 0 Å². The SMILES string of the molecule is CCOC(=O)c1c(C(C)C)oc2c([NH+]([O-])O)cc([NH+]([O-])O)cc12. The molecule has 1 aromatic heterocycles. The van der Waals surface area contributed by atoms with Gasteiger partial charge in [0.15, 0.2) is 11.3 Å². The smallest absolute Gasteiger partial charge is 0.342 e. The Kier molecular flexibility index (Phi) is 5.00. The summed E-state index contributed by atoms with van der Waals surface area (Å²) in [5, 5.41) is 38.6. The fraction of sp³-hybridized carbons (Fsp3) is 0.357. The van der Waals surface area contributed by atoms with E-state index in [4.69, 9.17) is 14.4 Å². The summed E-state index contributed by atoms with van der Waals surface area (Å²) in [6, 6.07) is 2.24. The number of fused-ring (bicyclic) bond motifs is 1. The van der Waals surface area contributed by atoms with E-state index in [1.54, 1.807) is 20.8 Å². The van der Waals surface area contributed by atoms with Gasteiger partial charge in [0.05, 0.1) is 12.7 Å². The normalized spacial score (nSPS) is 14.3. The monoisotopic (exact) mass is 326 g/mol. The average Bonchev–Trinajstić information content (AvgIpc) is 2.85. The van der Waals surface area contributed by atoms with E-state index in [9.17, 15) is 20.4 Å². The molecule has 0 bridgehead atoms. The molecule has 0 aliphatic rings.